The molecule has 0 spiro atoms. The van der Waals surface area contributed by atoms with Gasteiger partial charge in [0.25, 0.3) is 10.0 Å². The quantitative estimate of drug-likeness (QED) is 0.650. The number of nitrogens with one attached hydrogen (secondary N) is 1. The molecule has 0 atom stereocenters. The van der Waals surface area contributed by atoms with E-state index >= 15 is 0 Å². The molecule has 1 aromatic heterocycles. The van der Waals surface area contributed by atoms with Crippen LogP contribution in [0.25, 0.3) is 5.69 Å². The van der Waals surface area contributed by atoms with Crippen LogP contribution in [0.2, 0.25) is 0 Å². The second-order valence-corrected chi connectivity index (χ2v) is 9.87. The highest BCUT2D eigenvalue weighted by Crippen LogP contribution is 2.34. The van der Waals surface area contributed by atoms with E-state index in [1.165, 1.54) is 16.7 Å². The number of benzene rings is 2. The molecule has 154 valence electrons. The molecule has 0 unspecified atom stereocenters. The lowest BCUT2D eigenvalue weighted by Gasteiger charge is -2.16. The number of hydrogen-bond acceptors (Lipinski definition) is 4. The van der Waals surface area contributed by atoms with Crippen molar-refractivity contribution in [3.05, 3.63) is 72.6 Å². The Balaban J connectivity index is 2.11. The first-order valence-electron chi connectivity index (χ1n) is 8.05. The van der Waals surface area contributed by atoms with Crippen molar-refractivity contribution in [3.8, 4) is 5.69 Å². The second-order valence-electron chi connectivity index (χ2n) is 6.17. The lowest BCUT2D eigenvalue weighted by Crippen LogP contribution is -2.16. The monoisotopic (exact) mass is 444 g/mol. The third-order valence-electron chi connectivity index (χ3n) is 3.99. The predicted octanol–water partition coefficient (Wildman–Crippen LogP) is 3.70. The SMILES string of the molecule is CS(=O)(=O)c1cccc(S(=O)(=O)Nc2cc(C(F)(F)F)ccc2-n2cccc2)c1. The summed E-state index contributed by atoms with van der Waals surface area (Å²) in [6.45, 7) is 0. The molecule has 1 heterocycles. The van der Waals surface area contributed by atoms with Crippen LogP contribution in [0.4, 0.5) is 18.9 Å². The van der Waals surface area contributed by atoms with Gasteiger partial charge in [0.05, 0.1) is 26.7 Å². The zero-order valence-electron chi connectivity index (χ0n) is 14.9. The Morgan fingerprint density at radius 1 is 0.862 bits per heavy atom. The number of halogens is 3. The molecular weight excluding hydrogens is 429 g/mol. The average Bonchev–Trinajstić information content (AvgIpc) is 3.14. The van der Waals surface area contributed by atoms with Crippen LogP contribution in [-0.2, 0) is 26.0 Å². The van der Waals surface area contributed by atoms with E-state index in [1.807, 2.05) is 0 Å². The molecular formula is C18H15F3N2O4S2. The highest BCUT2D eigenvalue weighted by molar-refractivity contribution is 7.93. The first-order chi connectivity index (χ1) is 13.4. The lowest BCUT2D eigenvalue weighted by molar-refractivity contribution is -0.137. The van der Waals surface area contributed by atoms with Crippen LogP contribution >= 0.6 is 0 Å². The predicted molar refractivity (Wildman–Crippen MR) is 101 cm³/mol. The van der Waals surface area contributed by atoms with Crippen LogP contribution in [0, 0.1) is 0 Å². The van der Waals surface area contributed by atoms with Crippen molar-refractivity contribution in [2.45, 2.75) is 16.0 Å². The molecule has 1 N–H and O–H groups in total. The minimum atomic E-state index is -4.67. The van der Waals surface area contributed by atoms with Crippen LogP contribution in [0.1, 0.15) is 5.56 Å². The first kappa shape index (κ1) is 20.9. The van der Waals surface area contributed by atoms with Crippen molar-refractivity contribution in [2.24, 2.45) is 0 Å². The number of anilines is 1. The van der Waals surface area contributed by atoms with Gasteiger partial charge in [0.15, 0.2) is 9.84 Å². The Hall–Kier alpha value is -2.79. The van der Waals surface area contributed by atoms with Crippen molar-refractivity contribution >= 4 is 25.5 Å². The van der Waals surface area contributed by atoms with Gasteiger partial charge in [-0.05, 0) is 48.5 Å². The Kier molecular flexibility index (Phi) is 5.22. The van der Waals surface area contributed by atoms with E-state index in [-0.39, 0.29) is 16.3 Å². The zero-order valence-corrected chi connectivity index (χ0v) is 16.5. The number of rotatable bonds is 5. The minimum absolute atomic E-state index is 0.172. The molecule has 0 aliphatic rings. The summed E-state index contributed by atoms with van der Waals surface area (Å²) in [5.74, 6) is 0. The van der Waals surface area contributed by atoms with E-state index < -0.39 is 36.5 Å². The highest BCUT2D eigenvalue weighted by atomic mass is 32.2. The van der Waals surface area contributed by atoms with Gasteiger partial charge in [-0.25, -0.2) is 16.8 Å². The van der Waals surface area contributed by atoms with E-state index in [9.17, 15) is 30.0 Å². The molecule has 11 heteroatoms. The average molecular weight is 444 g/mol. The van der Waals surface area contributed by atoms with Crippen LogP contribution in [0.3, 0.4) is 0 Å². The highest BCUT2D eigenvalue weighted by Gasteiger charge is 2.32. The Labute approximate surface area is 165 Å². The second kappa shape index (κ2) is 7.23. The minimum Gasteiger partial charge on any atom is -0.322 e. The molecule has 0 amide bonds. The molecule has 0 fully saturated rings. The first-order valence-corrected chi connectivity index (χ1v) is 11.4. The molecule has 0 aliphatic carbocycles. The van der Waals surface area contributed by atoms with Crippen molar-refractivity contribution in [1.29, 1.82) is 0 Å². The third-order valence-corrected chi connectivity index (χ3v) is 6.47. The fourth-order valence-electron chi connectivity index (χ4n) is 2.59. The van der Waals surface area contributed by atoms with Crippen molar-refractivity contribution in [1.82, 2.24) is 4.57 Å². The van der Waals surface area contributed by atoms with Crippen LogP contribution < -0.4 is 4.72 Å². The summed E-state index contributed by atoms with van der Waals surface area (Å²) in [6, 6.07) is 10.5. The Bertz CT molecular complexity index is 1250. The lowest BCUT2D eigenvalue weighted by atomic mass is 10.1. The molecule has 2 aromatic carbocycles. The summed E-state index contributed by atoms with van der Waals surface area (Å²) < 4.78 is 91.9. The maximum atomic E-state index is 13.1. The van der Waals surface area contributed by atoms with Crippen molar-refractivity contribution in [2.75, 3.05) is 11.0 Å². The van der Waals surface area contributed by atoms with E-state index in [1.54, 1.807) is 24.5 Å². The zero-order chi connectivity index (χ0) is 21.4. The van der Waals surface area contributed by atoms with Crippen molar-refractivity contribution < 1.29 is 30.0 Å². The van der Waals surface area contributed by atoms with E-state index in [2.05, 4.69) is 4.72 Å². The number of sulfone groups is 1. The fourth-order valence-corrected chi connectivity index (χ4v) is 4.44. The molecule has 3 aromatic rings. The molecule has 6 nitrogen and oxygen atoms in total. The van der Waals surface area contributed by atoms with Crippen LogP contribution in [0.15, 0.2) is 76.8 Å². The molecule has 0 saturated carbocycles. The summed E-state index contributed by atoms with van der Waals surface area (Å²) in [4.78, 5) is -0.619. The van der Waals surface area contributed by atoms with Crippen molar-refractivity contribution in [3.63, 3.8) is 0 Å². The molecule has 0 aliphatic heterocycles. The van der Waals surface area contributed by atoms with Crippen LogP contribution in [0.5, 0.6) is 0 Å². The maximum absolute atomic E-state index is 13.1. The topological polar surface area (TPSA) is 85.2 Å². The van der Waals surface area contributed by atoms with Crippen LogP contribution in [-0.4, -0.2) is 27.7 Å². The summed E-state index contributed by atoms with van der Waals surface area (Å²) >= 11 is 0. The van der Waals surface area contributed by atoms with Gasteiger partial charge < -0.3 is 4.57 Å². The van der Waals surface area contributed by atoms with Gasteiger partial charge in [-0.3, -0.25) is 4.72 Å². The third kappa shape index (κ3) is 4.62. The normalized spacial score (nSPS) is 12.7. The van der Waals surface area contributed by atoms with E-state index in [0.717, 1.165) is 30.5 Å². The van der Waals surface area contributed by atoms with Gasteiger partial charge in [0, 0.05) is 18.6 Å². The Morgan fingerprint density at radius 3 is 2.07 bits per heavy atom. The van der Waals surface area contributed by atoms with Gasteiger partial charge in [0.2, 0.25) is 0 Å². The van der Waals surface area contributed by atoms with Gasteiger partial charge in [-0.15, -0.1) is 0 Å². The maximum Gasteiger partial charge on any atom is 0.416 e. The molecule has 3 rings (SSSR count). The smallest absolute Gasteiger partial charge is 0.322 e. The molecule has 0 bridgehead atoms. The fraction of sp³-hybridized carbons (Fsp3) is 0.111. The van der Waals surface area contributed by atoms with E-state index in [4.69, 9.17) is 0 Å². The van der Waals surface area contributed by atoms with Gasteiger partial charge in [0.1, 0.15) is 0 Å². The standard InChI is InChI=1S/C18H15F3N2O4S2/c1-28(24,25)14-5-4-6-15(12-14)29(26,27)22-16-11-13(18(19,20)21)7-8-17(16)23-9-2-3-10-23/h2-12,22H,1H3. The van der Waals surface area contributed by atoms with Gasteiger partial charge in [-0.2, -0.15) is 13.2 Å². The number of aromatic nitrogens is 1. The number of hydrogen-bond donors (Lipinski definition) is 1. The Morgan fingerprint density at radius 2 is 1.48 bits per heavy atom. The summed E-state index contributed by atoms with van der Waals surface area (Å²) in [5.41, 5.74) is -1.16. The molecule has 0 saturated heterocycles. The largest absolute Gasteiger partial charge is 0.416 e. The van der Waals surface area contributed by atoms with E-state index in [0.29, 0.717) is 6.07 Å². The van der Waals surface area contributed by atoms with Gasteiger partial charge >= 0.3 is 6.18 Å². The summed E-state index contributed by atoms with van der Waals surface area (Å²) in [5, 5.41) is 0. The summed E-state index contributed by atoms with van der Waals surface area (Å²) in [6.07, 6.45) is -0.663. The molecule has 0 radical (unpaired) electrons. The molecule has 29 heavy (non-hydrogen) atoms. The number of sulfonamides is 1. The summed E-state index contributed by atoms with van der Waals surface area (Å²) in [7, 11) is -8.04. The van der Waals surface area contributed by atoms with Gasteiger partial charge in [-0.1, -0.05) is 6.07 Å². The number of nitrogens with zero attached hydrogens (tertiary/aromatic N) is 1. The number of alkyl halides is 3.